The summed E-state index contributed by atoms with van der Waals surface area (Å²) in [5.41, 5.74) is 5.87. The van der Waals surface area contributed by atoms with Crippen molar-refractivity contribution in [1.29, 1.82) is 0 Å². The van der Waals surface area contributed by atoms with E-state index in [4.69, 9.17) is 19.9 Å². The Kier molecular flexibility index (Phi) is 4.91. The van der Waals surface area contributed by atoms with Crippen LogP contribution in [-0.4, -0.2) is 75.8 Å². The molecule has 2 N–H and O–H groups in total. The van der Waals surface area contributed by atoms with E-state index in [0.29, 0.717) is 39.6 Å². The lowest BCUT2D eigenvalue weighted by molar-refractivity contribution is -0.0837. The summed E-state index contributed by atoms with van der Waals surface area (Å²) >= 11 is 0. The van der Waals surface area contributed by atoms with Gasteiger partial charge in [-0.25, -0.2) is 0 Å². The standard InChI is InChI=1S/C14H23N5O3/c1-18(9-11-10-21-6-7-22-11)12-8-13(17-14(15)16-12)19-2-4-20-5-3-19/h8,11H,2-7,9-10H2,1H3,(H2,15,16,17). The highest BCUT2D eigenvalue weighted by Gasteiger charge is 2.19. The van der Waals surface area contributed by atoms with Gasteiger partial charge in [0.1, 0.15) is 11.6 Å². The molecule has 0 radical (unpaired) electrons. The van der Waals surface area contributed by atoms with Crippen LogP contribution in [0, 0.1) is 0 Å². The number of nitrogen functional groups attached to an aromatic ring is 1. The van der Waals surface area contributed by atoms with Crippen molar-refractivity contribution in [1.82, 2.24) is 9.97 Å². The largest absolute Gasteiger partial charge is 0.378 e. The average molecular weight is 309 g/mol. The third-order valence-electron chi connectivity index (χ3n) is 3.81. The minimum Gasteiger partial charge on any atom is -0.378 e. The normalized spacial score (nSPS) is 22.6. The van der Waals surface area contributed by atoms with Crippen LogP contribution in [0.3, 0.4) is 0 Å². The molecule has 2 saturated heterocycles. The van der Waals surface area contributed by atoms with Crippen LogP contribution in [0.2, 0.25) is 0 Å². The highest BCUT2D eigenvalue weighted by molar-refractivity contribution is 5.54. The number of nitrogens with two attached hydrogens (primary N) is 1. The summed E-state index contributed by atoms with van der Waals surface area (Å²) < 4.78 is 16.5. The molecule has 122 valence electrons. The molecule has 3 rings (SSSR count). The number of hydrogen-bond donors (Lipinski definition) is 1. The molecule has 1 unspecified atom stereocenters. The van der Waals surface area contributed by atoms with Crippen LogP contribution >= 0.6 is 0 Å². The number of hydrogen-bond acceptors (Lipinski definition) is 8. The van der Waals surface area contributed by atoms with Gasteiger partial charge in [-0.2, -0.15) is 9.97 Å². The van der Waals surface area contributed by atoms with Crippen molar-refractivity contribution >= 4 is 17.6 Å². The summed E-state index contributed by atoms with van der Waals surface area (Å²) in [5, 5.41) is 0. The van der Waals surface area contributed by atoms with E-state index in [0.717, 1.165) is 24.7 Å². The highest BCUT2D eigenvalue weighted by atomic mass is 16.6. The second-order valence-corrected chi connectivity index (χ2v) is 5.49. The van der Waals surface area contributed by atoms with E-state index in [2.05, 4.69) is 14.9 Å². The number of likely N-dealkylation sites (N-methyl/N-ethyl adjacent to an activating group) is 1. The first kappa shape index (κ1) is 15.3. The van der Waals surface area contributed by atoms with Gasteiger partial charge < -0.3 is 29.7 Å². The maximum atomic E-state index is 5.87. The van der Waals surface area contributed by atoms with Crippen molar-refractivity contribution in [3.63, 3.8) is 0 Å². The zero-order valence-corrected chi connectivity index (χ0v) is 12.9. The predicted molar refractivity (Wildman–Crippen MR) is 83.3 cm³/mol. The van der Waals surface area contributed by atoms with Crippen LogP contribution in [-0.2, 0) is 14.2 Å². The maximum Gasteiger partial charge on any atom is 0.223 e. The molecule has 1 aromatic rings. The van der Waals surface area contributed by atoms with Crippen LogP contribution in [0.15, 0.2) is 6.07 Å². The van der Waals surface area contributed by atoms with Crippen molar-refractivity contribution in [3.05, 3.63) is 6.07 Å². The van der Waals surface area contributed by atoms with E-state index in [1.165, 1.54) is 0 Å². The Balaban J connectivity index is 1.70. The molecule has 0 aromatic carbocycles. The summed E-state index contributed by atoms with van der Waals surface area (Å²) in [6, 6.07) is 1.96. The molecule has 1 atom stereocenters. The van der Waals surface area contributed by atoms with Crippen molar-refractivity contribution < 1.29 is 14.2 Å². The van der Waals surface area contributed by atoms with Gasteiger partial charge >= 0.3 is 0 Å². The topological polar surface area (TPSA) is 86.0 Å². The summed E-state index contributed by atoms with van der Waals surface area (Å²) in [7, 11) is 1.98. The number of ether oxygens (including phenoxy) is 3. The van der Waals surface area contributed by atoms with Crippen LogP contribution in [0.4, 0.5) is 17.6 Å². The lowest BCUT2D eigenvalue weighted by atomic mass is 10.3. The fourth-order valence-corrected chi connectivity index (χ4v) is 2.63. The average Bonchev–Trinajstić information content (AvgIpc) is 2.56. The van der Waals surface area contributed by atoms with Crippen LogP contribution < -0.4 is 15.5 Å². The smallest absolute Gasteiger partial charge is 0.223 e. The number of aromatic nitrogens is 2. The van der Waals surface area contributed by atoms with Gasteiger partial charge in [-0.3, -0.25) is 0 Å². The Labute approximate surface area is 130 Å². The molecular weight excluding hydrogens is 286 g/mol. The maximum absolute atomic E-state index is 5.87. The van der Waals surface area contributed by atoms with Gasteiger partial charge in [-0.15, -0.1) is 0 Å². The molecule has 0 amide bonds. The van der Waals surface area contributed by atoms with E-state index in [-0.39, 0.29) is 12.1 Å². The zero-order chi connectivity index (χ0) is 15.4. The van der Waals surface area contributed by atoms with Gasteiger partial charge in [0.05, 0.1) is 39.1 Å². The molecule has 8 heteroatoms. The number of rotatable bonds is 4. The van der Waals surface area contributed by atoms with Gasteiger partial charge in [-0.1, -0.05) is 0 Å². The predicted octanol–water partition coefficient (Wildman–Crippen LogP) is -0.253. The van der Waals surface area contributed by atoms with Gasteiger partial charge in [0, 0.05) is 32.7 Å². The Morgan fingerprint density at radius 2 is 2.05 bits per heavy atom. The number of nitrogens with zero attached hydrogens (tertiary/aromatic N) is 4. The summed E-state index contributed by atoms with van der Waals surface area (Å²) in [6.07, 6.45) is 0.0572. The molecule has 1 aromatic heterocycles. The van der Waals surface area contributed by atoms with Gasteiger partial charge in [0.15, 0.2) is 0 Å². The number of anilines is 3. The molecule has 3 heterocycles. The Morgan fingerprint density at radius 1 is 1.23 bits per heavy atom. The molecule has 0 spiro atoms. The van der Waals surface area contributed by atoms with Crippen molar-refractivity contribution in [3.8, 4) is 0 Å². The zero-order valence-electron chi connectivity index (χ0n) is 12.9. The molecule has 22 heavy (non-hydrogen) atoms. The van der Waals surface area contributed by atoms with Crippen LogP contribution in [0.1, 0.15) is 0 Å². The lowest BCUT2D eigenvalue weighted by Crippen LogP contribution is -2.39. The lowest BCUT2D eigenvalue weighted by Gasteiger charge is -2.30. The van der Waals surface area contributed by atoms with Gasteiger partial charge in [0.25, 0.3) is 0 Å². The van der Waals surface area contributed by atoms with E-state index in [1.807, 2.05) is 18.0 Å². The van der Waals surface area contributed by atoms with Crippen molar-refractivity contribution in [2.75, 3.05) is 75.2 Å². The van der Waals surface area contributed by atoms with Crippen LogP contribution in [0.5, 0.6) is 0 Å². The van der Waals surface area contributed by atoms with Crippen LogP contribution in [0.25, 0.3) is 0 Å². The Bertz CT molecular complexity index is 489. The molecule has 2 aliphatic rings. The minimum atomic E-state index is 0.0572. The third kappa shape index (κ3) is 3.76. The van der Waals surface area contributed by atoms with Gasteiger partial charge in [-0.05, 0) is 0 Å². The van der Waals surface area contributed by atoms with Gasteiger partial charge in [0.2, 0.25) is 5.95 Å². The second kappa shape index (κ2) is 7.08. The molecule has 8 nitrogen and oxygen atoms in total. The molecule has 2 fully saturated rings. The van der Waals surface area contributed by atoms with Crippen molar-refractivity contribution in [2.24, 2.45) is 0 Å². The summed E-state index contributed by atoms with van der Waals surface area (Å²) in [6.45, 7) is 5.69. The fourth-order valence-electron chi connectivity index (χ4n) is 2.63. The van der Waals surface area contributed by atoms with E-state index < -0.39 is 0 Å². The first-order valence-electron chi connectivity index (χ1n) is 7.60. The van der Waals surface area contributed by atoms with E-state index in [1.54, 1.807) is 0 Å². The fraction of sp³-hybridized carbons (Fsp3) is 0.714. The summed E-state index contributed by atoms with van der Waals surface area (Å²) in [5.74, 6) is 1.92. The molecular formula is C14H23N5O3. The molecule has 2 aliphatic heterocycles. The Hall–Kier alpha value is -1.64. The highest BCUT2D eigenvalue weighted by Crippen LogP contribution is 2.21. The van der Waals surface area contributed by atoms with Crippen molar-refractivity contribution in [2.45, 2.75) is 6.10 Å². The van der Waals surface area contributed by atoms with E-state index >= 15 is 0 Å². The monoisotopic (exact) mass is 309 g/mol. The first-order valence-corrected chi connectivity index (χ1v) is 7.60. The first-order chi connectivity index (χ1) is 10.7. The summed E-state index contributed by atoms with van der Waals surface area (Å²) in [4.78, 5) is 12.9. The Morgan fingerprint density at radius 3 is 2.77 bits per heavy atom. The van der Waals surface area contributed by atoms with E-state index in [9.17, 15) is 0 Å². The quantitative estimate of drug-likeness (QED) is 0.815. The second-order valence-electron chi connectivity index (χ2n) is 5.49. The number of morpholine rings is 1. The molecule has 0 saturated carbocycles. The SMILES string of the molecule is CN(CC1COCCO1)c1cc(N2CCOCC2)nc(N)n1. The minimum absolute atomic E-state index is 0.0572. The third-order valence-corrected chi connectivity index (χ3v) is 3.81. The molecule has 0 aliphatic carbocycles. The molecule has 0 bridgehead atoms.